The molecule has 0 saturated heterocycles. The van der Waals surface area contributed by atoms with Crippen molar-refractivity contribution in [2.45, 2.75) is 71.1 Å². The van der Waals surface area contributed by atoms with Gasteiger partial charge in [-0.1, -0.05) is 19.8 Å². The van der Waals surface area contributed by atoms with E-state index in [1.54, 1.807) is 0 Å². The van der Waals surface area contributed by atoms with Crippen LogP contribution in [0, 0.1) is 0 Å². The molecule has 0 aliphatic carbocycles. The summed E-state index contributed by atoms with van der Waals surface area (Å²) in [6.07, 6.45) is 2.34. The van der Waals surface area contributed by atoms with Crippen molar-refractivity contribution in [1.29, 1.82) is 0 Å². The molecular formula is C12H32O5SSi3. The molecule has 0 aromatic heterocycles. The van der Waals surface area contributed by atoms with Crippen LogP contribution in [-0.2, 0) is 18.3 Å². The Morgan fingerprint density at radius 1 is 0.905 bits per heavy atom. The maximum Gasteiger partial charge on any atom is 0.311 e. The molecule has 0 amide bonds. The monoisotopic (exact) mass is 372 g/mol. The second-order valence-corrected chi connectivity index (χ2v) is 21.3. The Kier molecular flexibility index (Phi) is 8.02. The van der Waals surface area contributed by atoms with Gasteiger partial charge in [-0.25, -0.2) is 0 Å². The van der Waals surface area contributed by atoms with Crippen LogP contribution in [-0.4, -0.2) is 43.9 Å². The van der Waals surface area contributed by atoms with Gasteiger partial charge in [0.25, 0.3) is 10.1 Å². The number of unbranched alkanes of at least 4 members (excludes halogenated alkanes) is 1. The summed E-state index contributed by atoms with van der Waals surface area (Å²) in [5, 5.41) is 0. The predicted octanol–water partition coefficient (Wildman–Crippen LogP) is 3.82. The highest BCUT2D eigenvalue weighted by atomic mass is 32.2. The zero-order valence-electron chi connectivity index (χ0n) is 14.5. The zero-order valence-corrected chi connectivity index (χ0v) is 18.3. The number of rotatable bonds is 10. The first-order valence-electron chi connectivity index (χ1n) is 7.54. The number of hydrogen-bond acceptors (Lipinski definition) is 4. The first-order chi connectivity index (χ1) is 9.18. The van der Waals surface area contributed by atoms with Crippen molar-refractivity contribution in [2.24, 2.45) is 0 Å². The Bertz CT molecular complexity index is 421. The van der Waals surface area contributed by atoms with Crippen LogP contribution < -0.4 is 0 Å². The molecule has 0 bridgehead atoms. The van der Waals surface area contributed by atoms with Crippen molar-refractivity contribution >= 4 is 35.3 Å². The van der Waals surface area contributed by atoms with E-state index in [2.05, 4.69) is 20.0 Å². The lowest BCUT2D eigenvalue weighted by Crippen LogP contribution is -2.52. The summed E-state index contributed by atoms with van der Waals surface area (Å²) in [5.74, 6) is -0.229. The fourth-order valence-electron chi connectivity index (χ4n) is 2.43. The maximum atomic E-state index is 10.9. The second kappa shape index (κ2) is 7.84. The van der Waals surface area contributed by atoms with Crippen LogP contribution in [0.5, 0.6) is 0 Å². The van der Waals surface area contributed by atoms with E-state index in [1.807, 2.05) is 26.2 Å². The molecule has 0 fully saturated rings. The number of hydrogen-bond donors (Lipinski definition) is 1. The van der Waals surface area contributed by atoms with E-state index in [0.717, 1.165) is 12.5 Å². The highest BCUT2D eigenvalue weighted by Crippen LogP contribution is 2.25. The first-order valence-corrected chi connectivity index (χ1v) is 18.2. The molecule has 9 heteroatoms. The molecule has 1 N–H and O–H groups in total. The van der Waals surface area contributed by atoms with Gasteiger partial charge < -0.3 is 8.23 Å². The van der Waals surface area contributed by atoms with Gasteiger partial charge in [-0.05, 0) is 51.4 Å². The molecule has 0 spiro atoms. The minimum atomic E-state index is -3.92. The molecule has 0 atom stereocenters. The normalized spacial score (nSPS) is 14.5. The van der Waals surface area contributed by atoms with Crippen LogP contribution in [0.1, 0.15) is 19.8 Å². The average Bonchev–Trinajstić information content (AvgIpc) is 2.20. The molecule has 0 aliphatic rings. The van der Waals surface area contributed by atoms with Crippen molar-refractivity contribution in [1.82, 2.24) is 0 Å². The lowest BCUT2D eigenvalue weighted by Gasteiger charge is -2.38. The van der Waals surface area contributed by atoms with E-state index in [9.17, 15) is 8.42 Å². The quantitative estimate of drug-likeness (QED) is 0.466. The molecule has 21 heavy (non-hydrogen) atoms. The summed E-state index contributed by atoms with van der Waals surface area (Å²) in [5.41, 5.74) is 0. The van der Waals surface area contributed by atoms with Crippen LogP contribution in [0.25, 0.3) is 0 Å². The molecule has 5 nitrogen and oxygen atoms in total. The van der Waals surface area contributed by atoms with Gasteiger partial charge in [0, 0.05) is 0 Å². The second-order valence-electron chi connectivity index (χ2n) is 7.26. The van der Waals surface area contributed by atoms with Crippen molar-refractivity contribution in [3.63, 3.8) is 0 Å². The first kappa shape index (κ1) is 21.5. The van der Waals surface area contributed by atoms with E-state index in [4.69, 9.17) is 12.8 Å². The molecule has 0 heterocycles. The maximum absolute atomic E-state index is 10.9. The van der Waals surface area contributed by atoms with Gasteiger partial charge in [0.15, 0.2) is 16.6 Å². The minimum Gasteiger partial charge on any atom is -0.437 e. The highest BCUT2D eigenvalue weighted by molar-refractivity contribution is 7.85. The van der Waals surface area contributed by atoms with Gasteiger partial charge in [-0.15, -0.1) is 0 Å². The van der Waals surface area contributed by atoms with Crippen molar-refractivity contribution in [3.8, 4) is 0 Å². The smallest absolute Gasteiger partial charge is 0.311 e. The zero-order chi connectivity index (χ0) is 16.9. The lowest BCUT2D eigenvalue weighted by atomic mass is 10.4. The average molecular weight is 373 g/mol. The molecule has 0 saturated carbocycles. The molecule has 0 radical (unpaired) electrons. The molecule has 0 aromatic rings. The van der Waals surface area contributed by atoms with E-state index < -0.39 is 35.3 Å². The Balaban J connectivity index is 4.63. The van der Waals surface area contributed by atoms with Crippen LogP contribution in [0.15, 0.2) is 0 Å². The lowest BCUT2D eigenvalue weighted by molar-refractivity contribution is 0.387. The molecule has 0 unspecified atom stereocenters. The Morgan fingerprint density at radius 3 is 1.71 bits per heavy atom. The highest BCUT2D eigenvalue weighted by Gasteiger charge is 2.39. The van der Waals surface area contributed by atoms with Crippen LogP contribution in [0.2, 0.25) is 51.4 Å². The SMILES string of the molecule is CCCC[Si](C)(C)O[Si](C)(C)O[Si](C)(C)CCS(=O)(=O)O. The topological polar surface area (TPSA) is 72.8 Å². The summed E-state index contributed by atoms with van der Waals surface area (Å²) >= 11 is 0. The Hall–Kier alpha value is 0.481. The van der Waals surface area contributed by atoms with Gasteiger partial charge >= 0.3 is 8.56 Å². The predicted molar refractivity (Wildman–Crippen MR) is 95.6 cm³/mol. The van der Waals surface area contributed by atoms with Crippen LogP contribution in [0.3, 0.4) is 0 Å². The van der Waals surface area contributed by atoms with Gasteiger partial charge in [0.2, 0.25) is 0 Å². The van der Waals surface area contributed by atoms with E-state index in [-0.39, 0.29) is 5.75 Å². The van der Waals surface area contributed by atoms with Crippen molar-refractivity contribution in [2.75, 3.05) is 5.75 Å². The summed E-state index contributed by atoms with van der Waals surface area (Å²) in [7, 11) is -10.1. The molecular weight excluding hydrogens is 340 g/mol. The molecule has 128 valence electrons. The third kappa shape index (κ3) is 11.7. The van der Waals surface area contributed by atoms with Gasteiger partial charge in [0.1, 0.15) is 0 Å². The van der Waals surface area contributed by atoms with E-state index in [1.165, 1.54) is 6.42 Å². The van der Waals surface area contributed by atoms with Gasteiger partial charge in [-0.3, -0.25) is 4.55 Å². The van der Waals surface area contributed by atoms with Gasteiger partial charge in [-0.2, -0.15) is 8.42 Å². The Labute approximate surface area is 133 Å². The fraction of sp³-hybridized carbons (Fsp3) is 1.00. The molecule has 0 aromatic carbocycles. The minimum absolute atomic E-state index is 0.229. The third-order valence-corrected chi connectivity index (χ3v) is 15.6. The third-order valence-electron chi connectivity index (χ3n) is 3.14. The standard InChI is InChI=1S/C12H32O5SSi3/c1-8-9-11-19(2,3)16-21(6,7)17-20(4,5)12-10-18(13,14)15/h8-12H2,1-7H3,(H,13,14,15). The Morgan fingerprint density at radius 2 is 1.33 bits per heavy atom. The van der Waals surface area contributed by atoms with E-state index in [0.29, 0.717) is 6.04 Å². The summed E-state index contributed by atoms with van der Waals surface area (Å²) in [4.78, 5) is 0. The summed E-state index contributed by atoms with van der Waals surface area (Å²) in [6, 6.07) is 1.51. The fourth-order valence-corrected chi connectivity index (χ4v) is 18.6. The van der Waals surface area contributed by atoms with Crippen LogP contribution >= 0.6 is 0 Å². The van der Waals surface area contributed by atoms with Gasteiger partial charge in [0.05, 0.1) is 5.75 Å². The summed E-state index contributed by atoms with van der Waals surface area (Å²) < 4.78 is 43.3. The van der Waals surface area contributed by atoms with Crippen molar-refractivity contribution in [3.05, 3.63) is 0 Å². The summed E-state index contributed by atoms with van der Waals surface area (Å²) in [6.45, 7) is 14.6. The van der Waals surface area contributed by atoms with Crippen LogP contribution in [0.4, 0.5) is 0 Å². The van der Waals surface area contributed by atoms with E-state index >= 15 is 0 Å². The largest absolute Gasteiger partial charge is 0.437 e. The molecule has 0 aliphatic heterocycles. The molecule has 0 rings (SSSR count). The van der Waals surface area contributed by atoms with Crippen molar-refractivity contribution < 1.29 is 21.2 Å².